The molecule has 0 radical (unpaired) electrons. The fraction of sp³-hybridized carbons (Fsp3) is 0.636. The number of imidazole rings is 1. The first-order chi connectivity index (χ1) is 10.5. The number of nitrogens with one attached hydrogen (secondary N) is 1. The predicted octanol–water partition coefficient (Wildman–Crippen LogP) is -3.96. The van der Waals surface area contributed by atoms with E-state index in [0.717, 1.165) is 6.33 Å². The number of hydrogen-bond donors (Lipinski definition) is 1. The number of hydrogen-bond acceptors (Lipinski definition) is 6. The summed E-state index contributed by atoms with van der Waals surface area (Å²) in [6.07, 6.45) is -3.94. The molecule has 0 bridgehead atoms. The number of nitrogens with zero attached hydrogens (tertiary/aromatic N) is 2. The van der Waals surface area contributed by atoms with Gasteiger partial charge in [-0.3, -0.25) is 0 Å². The van der Waals surface area contributed by atoms with E-state index in [4.69, 9.17) is 4.74 Å². The quantitative estimate of drug-likeness (QED) is 0.505. The van der Waals surface area contributed by atoms with Crippen LogP contribution >= 0.6 is 0 Å². The number of H-pyrrole nitrogens is 1. The van der Waals surface area contributed by atoms with E-state index < -0.39 is 45.7 Å². The van der Waals surface area contributed by atoms with Gasteiger partial charge in [-0.25, -0.2) is 13.4 Å². The second kappa shape index (κ2) is 7.70. The molecule has 2 heterocycles. The van der Waals surface area contributed by atoms with Crippen LogP contribution in [-0.2, 0) is 19.6 Å². The number of ether oxygens (including phenoxy) is 1. The van der Waals surface area contributed by atoms with E-state index in [-0.39, 0.29) is 52.8 Å². The van der Waals surface area contributed by atoms with Gasteiger partial charge >= 0.3 is 35.7 Å². The van der Waals surface area contributed by atoms with Gasteiger partial charge in [0.1, 0.15) is 6.54 Å². The molecule has 1 saturated heterocycles. The number of aromatic amines is 1. The van der Waals surface area contributed by atoms with Gasteiger partial charge in [-0.2, -0.15) is 17.5 Å². The first kappa shape index (κ1) is 21.4. The molecule has 0 aliphatic carbocycles. The van der Waals surface area contributed by atoms with Gasteiger partial charge < -0.3 is 19.6 Å². The first-order valence-corrected chi connectivity index (χ1v) is 7.85. The predicted molar refractivity (Wildman–Crippen MR) is 66.4 cm³/mol. The van der Waals surface area contributed by atoms with Crippen LogP contribution in [-0.4, -0.2) is 60.6 Å². The normalized spacial score (nSPS) is 17.2. The minimum absolute atomic E-state index is 0. The Bertz CT molecular complexity index is 689. The van der Waals surface area contributed by atoms with Crippen molar-refractivity contribution in [2.45, 2.75) is 24.2 Å². The Balaban J connectivity index is 0.00000288. The van der Waals surface area contributed by atoms with Crippen molar-refractivity contribution < 1.29 is 65.8 Å². The fourth-order valence-electron chi connectivity index (χ4n) is 2.21. The van der Waals surface area contributed by atoms with Crippen LogP contribution < -0.4 is 34.7 Å². The SMILES string of the molecule is Cc1[nH]cnc1S(=O)(=O)N(CC(F)(F)F)C(C(=O)[O-])C1COC1.[Na+]. The molecule has 130 valence electrons. The summed E-state index contributed by atoms with van der Waals surface area (Å²) in [5.74, 6) is -2.84. The van der Waals surface area contributed by atoms with Crippen LogP contribution in [0.5, 0.6) is 0 Å². The third-order valence-corrected chi connectivity index (χ3v) is 5.21. The van der Waals surface area contributed by atoms with Crippen LogP contribution in [0.15, 0.2) is 11.4 Å². The Morgan fingerprint density at radius 1 is 1.54 bits per heavy atom. The van der Waals surface area contributed by atoms with Crippen LogP contribution in [0.4, 0.5) is 13.2 Å². The van der Waals surface area contributed by atoms with Crippen molar-refractivity contribution in [2.75, 3.05) is 19.8 Å². The average Bonchev–Trinajstić information content (AvgIpc) is 2.76. The summed E-state index contributed by atoms with van der Waals surface area (Å²) in [7, 11) is -4.79. The van der Waals surface area contributed by atoms with Gasteiger partial charge in [0, 0.05) is 5.92 Å². The van der Waals surface area contributed by atoms with Crippen molar-refractivity contribution in [2.24, 2.45) is 5.92 Å². The molecule has 13 heteroatoms. The second-order valence-electron chi connectivity index (χ2n) is 5.06. The Hall–Kier alpha value is -0.660. The molecule has 1 aromatic heterocycles. The zero-order valence-electron chi connectivity index (χ0n) is 12.8. The third-order valence-electron chi connectivity index (χ3n) is 3.33. The Labute approximate surface area is 157 Å². The molecule has 24 heavy (non-hydrogen) atoms. The Morgan fingerprint density at radius 3 is 2.46 bits per heavy atom. The topological polar surface area (TPSA) is 115 Å². The molecule has 1 aliphatic heterocycles. The standard InChI is InChI=1S/C11H14F3N3O5S.Na/c1-6-9(16-5-15-6)23(20,21)17(4-11(12,13)14)8(10(18)19)7-2-22-3-7;/h5,7-8H,2-4H2,1H3,(H,15,16)(H,18,19);/q;+1/p-1. The maximum Gasteiger partial charge on any atom is 1.00 e. The van der Waals surface area contributed by atoms with Crippen molar-refractivity contribution >= 4 is 16.0 Å². The van der Waals surface area contributed by atoms with Crippen LogP contribution in [0.2, 0.25) is 0 Å². The summed E-state index contributed by atoms with van der Waals surface area (Å²) >= 11 is 0. The minimum Gasteiger partial charge on any atom is -0.548 e. The molecule has 1 aromatic rings. The maximum absolute atomic E-state index is 12.8. The number of aromatic nitrogens is 2. The van der Waals surface area contributed by atoms with E-state index in [0.29, 0.717) is 0 Å². The molecule has 8 nitrogen and oxygen atoms in total. The third kappa shape index (κ3) is 4.49. The number of carbonyl (C=O) groups is 1. The number of aryl methyl sites for hydroxylation is 1. The van der Waals surface area contributed by atoms with Gasteiger partial charge in [-0.05, 0) is 6.92 Å². The molecule has 0 amide bonds. The number of aliphatic carboxylic acids is 1. The summed E-state index contributed by atoms with van der Waals surface area (Å²) in [4.78, 5) is 17.2. The largest absolute Gasteiger partial charge is 1.00 e. The van der Waals surface area contributed by atoms with Gasteiger partial charge in [-0.1, -0.05) is 0 Å². The van der Waals surface area contributed by atoms with Crippen molar-refractivity contribution in [1.82, 2.24) is 14.3 Å². The molecule has 1 aliphatic rings. The molecular weight excluding hydrogens is 366 g/mol. The van der Waals surface area contributed by atoms with E-state index in [2.05, 4.69) is 9.97 Å². The molecule has 0 spiro atoms. The van der Waals surface area contributed by atoms with E-state index in [1.54, 1.807) is 0 Å². The molecule has 2 rings (SSSR count). The maximum atomic E-state index is 12.8. The van der Waals surface area contributed by atoms with Crippen molar-refractivity contribution in [3.05, 3.63) is 12.0 Å². The van der Waals surface area contributed by atoms with Crippen LogP contribution in [0, 0.1) is 12.8 Å². The van der Waals surface area contributed by atoms with Gasteiger partial charge in [0.05, 0.1) is 37.2 Å². The molecular formula is C11H13F3N3NaO5S. The second-order valence-corrected chi connectivity index (χ2v) is 6.87. The first-order valence-electron chi connectivity index (χ1n) is 6.41. The number of rotatable bonds is 6. The number of halogens is 3. The van der Waals surface area contributed by atoms with E-state index in [9.17, 15) is 31.5 Å². The van der Waals surface area contributed by atoms with Gasteiger partial charge in [-0.15, -0.1) is 0 Å². The van der Waals surface area contributed by atoms with Crippen LogP contribution in [0.3, 0.4) is 0 Å². The van der Waals surface area contributed by atoms with Crippen LogP contribution in [0.25, 0.3) is 0 Å². The monoisotopic (exact) mass is 379 g/mol. The number of alkyl halides is 3. The van der Waals surface area contributed by atoms with Crippen LogP contribution in [0.1, 0.15) is 5.69 Å². The van der Waals surface area contributed by atoms with E-state index >= 15 is 0 Å². The number of carboxylic acid groups (broad SMARTS) is 1. The molecule has 1 atom stereocenters. The summed E-state index contributed by atoms with van der Waals surface area (Å²) in [6.45, 7) is -0.993. The Kier molecular flexibility index (Phi) is 6.86. The molecule has 1 unspecified atom stereocenters. The van der Waals surface area contributed by atoms with E-state index in [1.165, 1.54) is 6.92 Å². The number of carbonyl (C=O) groups excluding carboxylic acids is 1. The minimum atomic E-state index is -4.93. The molecule has 0 saturated carbocycles. The summed E-state index contributed by atoms with van der Waals surface area (Å²) in [6, 6.07) is -1.99. The number of sulfonamides is 1. The summed E-state index contributed by atoms with van der Waals surface area (Å²) in [5, 5.41) is 10.6. The van der Waals surface area contributed by atoms with E-state index in [1.807, 2.05) is 0 Å². The number of carboxylic acids is 1. The summed E-state index contributed by atoms with van der Waals surface area (Å²) in [5.41, 5.74) is -0.000804. The Morgan fingerprint density at radius 2 is 2.12 bits per heavy atom. The van der Waals surface area contributed by atoms with Crippen molar-refractivity contribution in [3.63, 3.8) is 0 Å². The van der Waals surface area contributed by atoms with Gasteiger partial charge in [0.25, 0.3) is 10.0 Å². The fourth-order valence-corrected chi connectivity index (χ4v) is 3.94. The van der Waals surface area contributed by atoms with Crippen molar-refractivity contribution in [1.29, 1.82) is 0 Å². The zero-order chi connectivity index (χ0) is 17.4. The zero-order valence-corrected chi connectivity index (χ0v) is 15.6. The van der Waals surface area contributed by atoms with Gasteiger partial charge in [0.15, 0.2) is 5.03 Å². The van der Waals surface area contributed by atoms with Gasteiger partial charge in [0.2, 0.25) is 0 Å². The molecule has 1 N–H and O–H groups in total. The molecule has 0 aromatic carbocycles. The molecule has 1 fully saturated rings. The van der Waals surface area contributed by atoms with Crippen molar-refractivity contribution in [3.8, 4) is 0 Å². The average molecular weight is 379 g/mol. The summed E-state index contributed by atoms with van der Waals surface area (Å²) < 4.78 is 68.0. The smallest absolute Gasteiger partial charge is 0.548 e.